The Bertz CT molecular complexity index is 312. The van der Waals surface area contributed by atoms with Crippen LogP contribution in [0.2, 0.25) is 0 Å². The van der Waals surface area contributed by atoms with E-state index in [1.54, 1.807) is 0 Å². The first kappa shape index (κ1) is 12.6. The monoisotopic (exact) mass is 231 g/mol. The molecule has 1 aromatic rings. The Kier molecular flexibility index (Phi) is 4.61. The van der Waals surface area contributed by atoms with Crippen LogP contribution in [0.3, 0.4) is 0 Å². The van der Waals surface area contributed by atoms with Crippen molar-refractivity contribution < 1.29 is 0 Å². The first-order valence-corrected chi connectivity index (χ1v) is 7.03. The average molecular weight is 231 g/mol. The van der Waals surface area contributed by atoms with Crippen molar-refractivity contribution in [3.8, 4) is 0 Å². The summed E-state index contributed by atoms with van der Waals surface area (Å²) in [4.78, 5) is 0. The van der Waals surface area contributed by atoms with E-state index in [1.807, 2.05) is 0 Å². The molecule has 1 heterocycles. The minimum Gasteiger partial charge on any atom is -0.316 e. The highest BCUT2D eigenvalue weighted by molar-refractivity contribution is 5.20. The number of hydrogen-bond donors (Lipinski definition) is 1. The van der Waals surface area contributed by atoms with Gasteiger partial charge in [-0.15, -0.1) is 0 Å². The summed E-state index contributed by atoms with van der Waals surface area (Å²) in [6, 6.07) is 11.0. The van der Waals surface area contributed by atoms with Gasteiger partial charge in [-0.2, -0.15) is 0 Å². The van der Waals surface area contributed by atoms with Crippen LogP contribution in [-0.4, -0.2) is 13.1 Å². The second kappa shape index (κ2) is 6.20. The van der Waals surface area contributed by atoms with Gasteiger partial charge in [0, 0.05) is 0 Å². The third-order valence-corrected chi connectivity index (χ3v) is 4.02. The fraction of sp³-hybridized carbons (Fsp3) is 0.625. The summed E-state index contributed by atoms with van der Waals surface area (Å²) in [5, 5.41) is 3.53. The molecule has 0 saturated carbocycles. The van der Waals surface area contributed by atoms with E-state index in [0.717, 1.165) is 17.8 Å². The summed E-state index contributed by atoms with van der Waals surface area (Å²) in [7, 11) is 0. The van der Waals surface area contributed by atoms with Gasteiger partial charge in [-0.1, -0.05) is 44.2 Å². The smallest absolute Gasteiger partial charge is 0.00203 e. The normalized spacial score (nSPS) is 22.6. The molecule has 1 fully saturated rings. The van der Waals surface area contributed by atoms with E-state index in [2.05, 4.69) is 49.5 Å². The maximum atomic E-state index is 3.53. The second-order valence-corrected chi connectivity index (χ2v) is 5.71. The van der Waals surface area contributed by atoms with Crippen molar-refractivity contribution in [2.45, 2.75) is 39.0 Å². The number of hydrogen-bond acceptors (Lipinski definition) is 1. The number of piperidine rings is 1. The highest BCUT2D eigenvalue weighted by atomic mass is 14.9. The third kappa shape index (κ3) is 3.57. The molecule has 94 valence electrons. The van der Waals surface area contributed by atoms with Crippen LogP contribution in [0.25, 0.3) is 0 Å². The van der Waals surface area contributed by atoms with E-state index in [9.17, 15) is 0 Å². The van der Waals surface area contributed by atoms with Crippen molar-refractivity contribution in [1.82, 2.24) is 5.32 Å². The van der Waals surface area contributed by atoms with Crippen LogP contribution in [0, 0.1) is 11.8 Å². The molecule has 0 radical (unpaired) electrons. The highest BCUT2D eigenvalue weighted by Gasteiger charge is 2.22. The van der Waals surface area contributed by atoms with Crippen molar-refractivity contribution in [3.05, 3.63) is 35.9 Å². The molecule has 0 aliphatic carbocycles. The van der Waals surface area contributed by atoms with Crippen LogP contribution in [-0.2, 0) is 0 Å². The lowest BCUT2D eigenvalue weighted by Gasteiger charge is -2.29. The van der Waals surface area contributed by atoms with Gasteiger partial charge in [0.05, 0.1) is 0 Å². The summed E-state index contributed by atoms with van der Waals surface area (Å²) >= 11 is 0. The standard InChI is InChI=1S/C16H25N/c1-13(2)16(15-8-4-3-5-9-15)11-14-7-6-10-17-12-14/h3-5,8-9,13-14,16-17H,6-7,10-12H2,1-2H3. The molecule has 1 saturated heterocycles. The molecule has 1 heteroatoms. The molecule has 17 heavy (non-hydrogen) atoms. The Balaban J connectivity index is 2.02. The molecular weight excluding hydrogens is 206 g/mol. The summed E-state index contributed by atoms with van der Waals surface area (Å²) < 4.78 is 0. The van der Waals surface area contributed by atoms with Crippen molar-refractivity contribution >= 4 is 0 Å². The molecule has 0 aromatic heterocycles. The molecule has 1 N–H and O–H groups in total. The molecule has 0 amide bonds. The minimum atomic E-state index is 0.723. The fourth-order valence-electron chi connectivity index (χ4n) is 2.98. The Morgan fingerprint density at radius 2 is 2.00 bits per heavy atom. The van der Waals surface area contributed by atoms with Crippen molar-refractivity contribution in [3.63, 3.8) is 0 Å². The average Bonchev–Trinajstić information content (AvgIpc) is 2.38. The first-order chi connectivity index (χ1) is 8.27. The van der Waals surface area contributed by atoms with E-state index < -0.39 is 0 Å². The molecule has 2 rings (SSSR count). The van der Waals surface area contributed by atoms with Gasteiger partial charge in [-0.3, -0.25) is 0 Å². The summed E-state index contributed by atoms with van der Waals surface area (Å²) in [5.41, 5.74) is 1.52. The second-order valence-electron chi connectivity index (χ2n) is 5.71. The topological polar surface area (TPSA) is 12.0 Å². The number of nitrogens with one attached hydrogen (secondary N) is 1. The maximum absolute atomic E-state index is 3.53. The maximum Gasteiger partial charge on any atom is -0.00203 e. The molecular formula is C16H25N. The van der Waals surface area contributed by atoms with Gasteiger partial charge in [0.2, 0.25) is 0 Å². The Hall–Kier alpha value is -0.820. The van der Waals surface area contributed by atoms with E-state index in [1.165, 1.54) is 37.9 Å². The van der Waals surface area contributed by atoms with Gasteiger partial charge >= 0.3 is 0 Å². The van der Waals surface area contributed by atoms with Crippen molar-refractivity contribution in [2.75, 3.05) is 13.1 Å². The van der Waals surface area contributed by atoms with Gasteiger partial charge in [-0.05, 0) is 55.7 Å². The number of rotatable bonds is 4. The number of benzene rings is 1. The molecule has 2 unspecified atom stereocenters. The quantitative estimate of drug-likeness (QED) is 0.830. The third-order valence-electron chi connectivity index (χ3n) is 4.02. The summed E-state index contributed by atoms with van der Waals surface area (Å²) in [5.74, 6) is 2.33. The predicted octanol–water partition coefficient (Wildman–Crippen LogP) is 3.82. The lowest BCUT2D eigenvalue weighted by molar-refractivity contribution is 0.307. The fourth-order valence-corrected chi connectivity index (χ4v) is 2.98. The molecule has 1 nitrogen and oxygen atoms in total. The van der Waals surface area contributed by atoms with Gasteiger partial charge < -0.3 is 5.32 Å². The molecule has 0 spiro atoms. The van der Waals surface area contributed by atoms with Crippen LogP contribution in [0.5, 0.6) is 0 Å². The van der Waals surface area contributed by atoms with Crippen molar-refractivity contribution in [1.29, 1.82) is 0 Å². The Morgan fingerprint density at radius 1 is 1.24 bits per heavy atom. The van der Waals surface area contributed by atoms with Crippen LogP contribution in [0.15, 0.2) is 30.3 Å². The zero-order valence-electron chi connectivity index (χ0n) is 11.2. The molecule has 0 bridgehead atoms. The predicted molar refractivity (Wildman–Crippen MR) is 74.2 cm³/mol. The van der Waals surface area contributed by atoms with Crippen LogP contribution >= 0.6 is 0 Å². The van der Waals surface area contributed by atoms with Crippen LogP contribution in [0.4, 0.5) is 0 Å². The Morgan fingerprint density at radius 3 is 2.59 bits per heavy atom. The zero-order chi connectivity index (χ0) is 12.1. The molecule has 2 atom stereocenters. The SMILES string of the molecule is CC(C)C(CC1CCCNC1)c1ccccc1. The van der Waals surface area contributed by atoms with Gasteiger partial charge in [0.1, 0.15) is 0 Å². The summed E-state index contributed by atoms with van der Waals surface area (Å²) in [6.45, 7) is 7.14. The van der Waals surface area contributed by atoms with Gasteiger partial charge in [0.25, 0.3) is 0 Å². The largest absolute Gasteiger partial charge is 0.316 e. The van der Waals surface area contributed by atoms with Crippen LogP contribution < -0.4 is 5.32 Å². The lowest BCUT2D eigenvalue weighted by Crippen LogP contribution is -2.31. The van der Waals surface area contributed by atoms with Gasteiger partial charge in [0.15, 0.2) is 0 Å². The molecule has 1 aliphatic heterocycles. The van der Waals surface area contributed by atoms with E-state index in [4.69, 9.17) is 0 Å². The Labute approximate surface area is 106 Å². The van der Waals surface area contributed by atoms with Gasteiger partial charge in [-0.25, -0.2) is 0 Å². The highest BCUT2D eigenvalue weighted by Crippen LogP contribution is 2.32. The lowest BCUT2D eigenvalue weighted by atomic mass is 9.79. The van der Waals surface area contributed by atoms with E-state index >= 15 is 0 Å². The zero-order valence-corrected chi connectivity index (χ0v) is 11.2. The minimum absolute atomic E-state index is 0.723. The van der Waals surface area contributed by atoms with E-state index in [0.29, 0.717) is 0 Å². The molecule has 1 aromatic carbocycles. The van der Waals surface area contributed by atoms with E-state index in [-0.39, 0.29) is 0 Å². The van der Waals surface area contributed by atoms with Crippen LogP contribution in [0.1, 0.15) is 44.6 Å². The first-order valence-electron chi connectivity index (χ1n) is 7.03. The summed E-state index contributed by atoms with van der Waals surface area (Å²) in [6.07, 6.45) is 4.10. The molecule has 1 aliphatic rings. The van der Waals surface area contributed by atoms with Crippen molar-refractivity contribution in [2.24, 2.45) is 11.8 Å².